The van der Waals surface area contributed by atoms with Crippen LogP contribution in [0.15, 0.2) is 17.1 Å². The fourth-order valence-electron chi connectivity index (χ4n) is 1.76. The van der Waals surface area contributed by atoms with Crippen molar-refractivity contribution in [3.63, 3.8) is 0 Å². The van der Waals surface area contributed by atoms with Gasteiger partial charge in [0.25, 0.3) is 0 Å². The molecule has 1 aromatic rings. The molecule has 1 aliphatic rings. The maximum absolute atomic E-state index is 11.6. The number of carbonyl (C=O) groups is 2. The number of hydroxylamine groups is 1. The molecule has 1 atom stereocenters. The number of hydrogen-bond acceptors (Lipinski definition) is 5. The SMILES string of the molecule is COc1cc2c(cc1NC(=O)CC(C)=O)N=C[NH+]2[O-]. The third-order valence-electron chi connectivity index (χ3n) is 2.59. The van der Waals surface area contributed by atoms with Crippen molar-refractivity contribution in [2.24, 2.45) is 4.99 Å². The van der Waals surface area contributed by atoms with E-state index in [1.807, 2.05) is 0 Å². The molecular formula is C12H13N3O4. The summed E-state index contributed by atoms with van der Waals surface area (Å²) in [5.41, 5.74) is 1.30. The molecule has 1 amide bonds. The van der Waals surface area contributed by atoms with Gasteiger partial charge >= 0.3 is 0 Å². The number of hydrogen-bond donors (Lipinski definition) is 2. The summed E-state index contributed by atoms with van der Waals surface area (Å²) < 4.78 is 5.12. The zero-order valence-corrected chi connectivity index (χ0v) is 10.5. The fourth-order valence-corrected chi connectivity index (χ4v) is 1.76. The highest BCUT2D eigenvalue weighted by Gasteiger charge is 2.20. The first-order valence-corrected chi connectivity index (χ1v) is 5.61. The van der Waals surface area contributed by atoms with Crippen molar-refractivity contribution in [3.8, 4) is 5.75 Å². The standard InChI is InChI=1S/C12H13N3O4/c1-7(16)3-12(17)14-9-4-8-10(5-11(9)19-2)15(18)6-13-8/h4-6,15H,3H2,1-2H3,(H,14,17). The van der Waals surface area contributed by atoms with Crippen LogP contribution in [0, 0.1) is 5.21 Å². The Morgan fingerprint density at radius 3 is 2.84 bits per heavy atom. The Hall–Kier alpha value is -2.25. The number of anilines is 1. The van der Waals surface area contributed by atoms with Crippen LogP contribution in [0.5, 0.6) is 5.75 Å². The summed E-state index contributed by atoms with van der Waals surface area (Å²) in [6, 6.07) is 3.07. The lowest BCUT2D eigenvalue weighted by molar-refractivity contribution is -0.655. The first-order chi connectivity index (χ1) is 9.01. The van der Waals surface area contributed by atoms with Gasteiger partial charge in [-0.05, 0) is 13.0 Å². The Balaban J connectivity index is 2.28. The van der Waals surface area contributed by atoms with Crippen molar-refractivity contribution in [2.45, 2.75) is 13.3 Å². The van der Waals surface area contributed by atoms with Gasteiger partial charge in [0.05, 0.1) is 19.2 Å². The highest BCUT2D eigenvalue weighted by atomic mass is 16.5. The van der Waals surface area contributed by atoms with Crippen LogP contribution in [0.2, 0.25) is 0 Å². The molecular weight excluding hydrogens is 250 g/mol. The van der Waals surface area contributed by atoms with Crippen LogP contribution in [-0.4, -0.2) is 25.1 Å². The highest BCUT2D eigenvalue weighted by Crippen LogP contribution is 2.35. The molecule has 0 radical (unpaired) electrons. The van der Waals surface area contributed by atoms with Crippen molar-refractivity contribution in [2.75, 3.05) is 12.4 Å². The highest BCUT2D eigenvalue weighted by molar-refractivity contribution is 6.04. The summed E-state index contributed by atoms with van der Waals surface area (Å²) in [5, 5.41) is 13.8. The molecule has 0 bridgehead atoms. The number of aliphatic imine (C=N–C) groups is 1. The second kappa shape index (κ2) is 5.17. The second-order valence-corrected chi connectivity index (χ2v) is 4.12. The summed E-state index contributed by atoms with van der Waals surface area (Å²) in [6.45, 7) is 1.34. The lowest BCUT2D eigenvalue weighted by Crippen LogP contribution is -2.99. The van der Waals surface area contributed by atoms with E-state index in [1.54, 1.807) is 6.07 Å². The summed E-state index contributed by atoms with van der Waals surface area (Å²) in [7, 11) is 1.43. The Morgan fingerprint density at radius 1 is 1.47 bits per heavy atom. The first-order valence-electron chi connectivity index (χ1n) is 5.61. The van der Waals surface area contributed by atoms with Crippen molar-refractivity contribution in [1.29, 1.82) is 0 Å². The predicted octanol–water partition coefficient (Wildman–Crippen LogP) is 0.300. The average Bonchev–Trinajstić information content (AvgIpc) is 2.68. The van der Waals surface area contributed by atoms with Crippen LogP contribution < -0.4 is 15.1 Å². The molecule has 1 heterocycles. The fraction of sp³-hybridized carbons (Fsp3) is 0.250. The number of nitrogens with zero attached hydrogens (tertiary/aromatic N) is 1. The summed E-state index contributed by atoms with van der Waals surface area (Å²) in [5.74, 6) is -0.306. The maximum Gasteiger partial charge on any atom is 0.231 e. The molecule has 1 aliphatic heterocycles. The molecule has 0 saturated heterocycles. The van der Waals surface area contributed by atoms with Crippen molar-refractivity contribution < 1.29 is 19.4 Å². The number of Topliss-reactive ketones (excluding diaryl/α,β-unsaturated/α-hetero) is 1. The number of quaternary nitrogens is 1. The summed E-state index contributed by atoms with van der Waals surface area (Å²) in [4.78, 5) is 26.4. The minimum Gasteiger partial charge on any atom is -0.623 e. The van der Waals surface area contributed by atoms with E-state index in [2.05, 4.69) is 10.3 Å². The van der Waals surface area contributed by atoms with Gasteiger partial charge in [0.2, 0.25) is 5.91 Å². The van der Waals surface area contributed by atoms with Gasteiger partial charge in [-0.3, -0.25) is 14.7 Å². The number of fused-ring (bicyclic) bond motifs is 1. The van der Waals surface area contributed by atoms with Crippen LogP contribution in [-0.2, 0) is 9.59 Å². The molecule has 0 fully saturated rings. The Labute approximate surface area is 109 Å². The summed E-state index contributed by atoms with van der Waals surface area (Å²) >= 11 is 0. The van der Waals surface area contributed by atoms with Gasteiger partial charge in [0.15, 0.2) is 12.0 Å². The molecule has 0 saturated carbocycles. The molecule has 0 aromatic heterocycles. The van der Waals surface area contributed by atoms with Gasteiger partial charge in [-0.2, -0.15) is 4.99 Å². The Bertz CT molecular complexity index is 568. The normalized spacial score (nSPS) is 16.1. The lowest BCUT2D eigenvalue weighted by atomic mass is 10.2. The number of amides is 1. The van der Waals surface area contributed by atoms with Gasteiger partial charge in [-0.15, -0.1) is 0 Å². The number of rotatable bonds is 4. The molecule has 7 heteroatoms. The number of methoxy groups -OCH3 is 1. The predicted molar refractivity (Wildman–Crippen MR) is 69.1 cm³/mol. The van der Waals surface area contributed by atoms with Crippen LogP contribution in [0.3, 0.4) is 0 Å². The van der Waals surface area contributed by atoms with Gasteiger partial charge in [0, 0.05) is 6.07 Å². The van der Waals surface area contributed by atoms with Gasteiger partial charge in [-0.25, -0.2) is 0 Å². The van der Waals surface area contributed by atoms with Gasteiger partial charge in [-0.1, -0.05) is 0 Å². The number of ether oxygens (including phenoxy) is 1. The van der Waals surface area contributed by atoms with Crippen LogP contribution in [0.25, 0.3) is 0 Å². The van der Waals surface area contributed by atoms with Crippen LogP contribution >= 0.6 is 0 Å². The molecule has 1 aromatic carbocycles. The van der Waals surface area contributed by atoms with Crippen molar-refractivity contribution in [1.82, 2.24) is 0 Å². The van der Waals surface area contributed by atoms with Gasteiger partial charge in [0.1, 0.15) is 17.2 Å². The molecule has 100 valence electrons. The second-order valence-electron chi connectivity index (χ2n) is 4.12. The van der Waals surface area contributed by atoms with E-state index in [0.29, 0.717) is 22.8 Å². The van der Waals surface area contributed by atoms with E-state index in [4.69, 9.17) is 4.74 Å². The largest absolute Gasteiger partial charge is 0.623 e. The van der Waals surface area contributed by atoms with E-state index < -0.39 is 5.91 Å². The van der Waals surface area contributed by atoms with Crippen molar-refractivity contribution >= 4 is 35.1 Å². The number of nitrogens with one attached hydrogen (secondary N) is 2. The number of ketones is 1. The molecule has 0 aliphatic carbocycles. The smallest absolute Gasteiger partial charge is 0.231 e. The molecule has 7 nitrogen and oxygen atoms in total. The van der Waals surface area contributed by atoms with E-state index in [9.17, 15) is 14.8 Å². The minimum atomic E-state index is -0.431. The number of benzene rings is 1. The average molecular weight is 263 g/mol. The maximum atomic E-state index is 11.6. The Kier molecular flexibility index (Phi) is 3.59. The Morgan fingerprint density at radius 2 is 2.21 bits per heavy atom. The minimum absolute atomic E-state index is 0.199. The molecule has 0 spiro atoms. The van der Waals surface area contributed by atoms with Gasteiger partial charge < -0.3 is 15.3 Å². The lowest BCUT2D eigenvalue weighted by Gasteiger charge is -2.15. The number of carbonyl (C=O) groups excluding carboxylic acids is 2. The van der Waals surface area contributed by atoms with E-state index in [1.165, 1.54) is 26.4 Å². The molecule has 2 N–H and O–H groups in total. The third-order valence-corrected chi connectivity index (χ3v) is 2.59. The topological polar surface area (TPSA) is 95.3 Å². The van der Waals surface area contributed by atoms with Crippen LogP contribution in [0.1, 0.15) is 13.3 Å². The quantitative estimate of drug-likeness (QED) is 0.603. The van der Waals surface area contributed by atoms with E-state index in [-0.39, 0.29) is 17.3 Å². The zero-order valence-electron chi connectivity index (χ0n) is 10.5. The van der Waals surface area contributed by atoms with Crippen LogP contribution in [0.4, 0.5) is 17.1 Å². The zero-order chi connectivity index (χ0) is 14.0. The first kappa shape index (κ1) is 13.2. The third kappa shape index (κ3) is 2.78. The molecule has 2 rings (SSSR count). The summed E-state index contributed by atoms with van der Waals surface area (Å²) in [6.07, 6.45) is 1.01. The van der Waals surface area contributed by atoms with Crippen molar-refractivity contribution in [3.05, 3.63) is 17.3 Å². The molecule has 1 unspecified atom stereocenters. The van der Waals surface area contributed by atoms with E-state index >= 15 is 0 Å². The molecule has 19 heavy (non-hydrogen) atoms. The monoisotopic (exact) mass is 263 g/mol. The van der Waals surface area contributed by atoms with E-state index in [0.717, 1.165) is 0 Å².